The van der Waals surface area contributed by atoms with Gasteiger partial charge in [0.15, 0.2) is 5.78 Å². The predicted molar refractivity (Wildman–Crippen MR) is 90.2 cm³/mol. The van der Waals surface area contributed by atoms with Crippen LogP contribution in [0.2, 0.25) is 0 Å². The lowest BCUT2D eigenvalue weighted by molar-refractivity contribution is 0.0698. The number of hydrogen-bond donors (Lipinski definition) is 1. The van der Waals surface area contributed by atoms with E-state index in [0.717, 1.165) is 4.90 Å². The minimum absolute atomic E-state index is 0.0296. The largest absolute Gasteiger partial charge is 0.478 e. The van der Waals surface area contributed by atoms with Gasteiger partial charge in [0.25, 0.3) is 0 Å². The second kappa shape index (κ2) is 6.62. The number of pyridine rings is 1. The number of Topliss-reactive ketones (excluding diaryl/α,β-unsaturated/α-hetero) is 1. The van der Waals surface area contributed by atoms with Crippen LogP contribution in [0, 0.1) is 0 Å². The maximum Gasteiger partial charge on any atom is 0.336 e. The summed E-state index contributed by atoms with van der Waals surface area (Å²) >= 11 is 1.37. The average Bonchev–Trinajstić information content (AvgIpc) is 2.59. The van der Waals surface area contributed by atoms with Gasteiger partial charge in [0.2, 0.25) is 0 Å². The van der Waals surface area contributed by atoms with E-state index in [1.54, 1.807) is 42.6 Å². The van der Waals surface area contributed by atoms with E-state index in [9.17, 15) is 14.7 Å². The van der Waals surface area contributed by atoms with Crippen LogP contribution in [0.25, 0.3) is 10.9 Å². The van der Waals surface area contributed by atoms with Crippen LogP contribution in [0.5, 0.6) is 0 Å². The molecule has 0 bridgehead atoms. The first-order chi connectivity index (χ1) is 11.2. The van der Waals surface area contributed by atoms with Gasteiger partial charge in [0, 0.05) is 22.0 Å². The van der Waals surface area contributed by atoms with Crippen molar-refractivity contribution in [2.75, 3.05) is 5.75 Å². The number of carbonyl (C=O) groups is 2. The summed E-state index contributed by atoms with van der Waals surface area (Å²) in [6.45, 7) is 0. The summed E-state index contributed by atoms with van der Waals surface area (Å²) < 4.78 is 0. The van der Waals surface area contributed by atoms with Gasteiger partial charge in [-0.1, -0.05) is 36.4 Å². The number of aromatic nitrogens is 1. The molecule has 0 aliphatic rings. The number of carboxylic acids is 1. The fourth-order valence-corrected chi connectivity index (χ4v) is 3.22. The van der Waals surface area contributed by atoms with Crippen molar-refractivity contribution in [1.82, 2.24) is 4.98 Å². The van der Waals surface area contributed by atoms with E-state index in [1.165, 1.54) is 11.8 Å². The quantitative estimate of drug-likeness (QED) is 0.569. The van der Waals surface area contributed by atoms with Crippen molar-refractivity contribution in [3.8, 4) is 0 Å². The van der Waals surface area contributed by atoms with E-state index in [1.807, 2.05) is 18.2 Å². The van der Waals surface area contributed by atoms with E-state index in [4.69, 9.17) is 0 Å². The maximum absolute atomic E-state index is 12.2. The molecule has 3 rings (SSSR count). The molecule has 0 saturated carbocycles. The minimum atomic E-state index is -0.986. The molecule has 0 spiro atoms. The first-order valence-corrected chi connectivity index (χ1v) is 7.97. The first-order valence-electron chi connectivity index (χ1n) is 6.99. The van der Waals surface area contributed by atoms with E-state index in [0.29, 0.717) is 16.5 Å². The number of nitrogens with zero attached hydrogens (tertiary/aromatic N) is 1. The van der Waals surface area contributed by atoms with E-state index in [2.05, 4.69) is 4.98 Å². The molecule has 2 aromatic carbocycles. The Kier molecular flexibility index (Phi) is 4.39. The van der Waals surface area contributed by atoms with Gasteiger partial charge in [-0.15, -0.1) is 11.8 Å². The van der Waals surface area contributed by atoms with Gasteiger partial charge in [-0.2, -0.15) is 0 Å². The average molecular weight is 323 g/mol. The summed E-state index contributed by atoms with van der Waals surface area (Å²) in [6, 6.07) is 15.8. The van der Waals surface area contributed by atoms with Crippen molar-refractivity contribution in [2.45, 2.75) is 4.90 Å². The van der Waals surface area contributed by atoms with Crippen molar-refractivity contribution in [1.29, 1.82) is 0 Å². The number of ketones is 1. The number of fused-ring (bicyclic) bond motifs is 1. The van der Waals surface area contributed by atoms with Crippen LogP contribution in [0.4, 0.5) is 0 Å². The molecule has 0 aliphatic heterocycles. The maximum atomic E-state index is 12.2. The minimum Gasteiger partial charge on any atom is -0.478 e. The van der Waals surface area contributed by atoms with Crippen molar-refractivity contribution in [3.05, 3.63) is 71.9 Å². The standard InChI is InChI=1S/C18H13NO3S/c20-15(12-5-2-1-3-6-12)11-23-16-9-8-14(18(21)22)13-7-4-10-19-17(13)16/h1-10H,11H2,(H,21,22). The van der Waals surface area contributed by atoms with Gasteiger partial charge < -0.3 is 5.11 Å². The first kappa shape index (κ1) is 15.2. The van der Waals surface area contributed by atoms with Crippen LogP contribution in [-0.4, -0.2) is 27.6 Å². The van der Waals surface area contributed by atoms with Crippen molar-refractivity contribution >= 4 is 34.4 Å². The molecule has 0 amide bonds. The fraction of sp³-hybridized carbons (Fsp3) is 0.0556. The lowest BCUT2D eigenvalue weighted by Gasteiger charge is -2.07. The number of benzene rings is 2. The zero-order valence-electron chi connectivity index (χ0n) is 12.1. The van der Waals surface area contributed by atoms with Gasteiger partial charge in [0.05, 0.1) is 16.8 Å². The van der Waals surface area contributed by atoms with E-state index >= 15 is 0 Å². The second-order valence-corrected chi connectivity index (χ2v) is 5.91. The molecular formula is C18H13NO3S. The molecule has 0 atom stereocenters. The monoisotopic (exact) mass is 323 g/mol. The van der Waals surface area contributed by atoms with Crippen molar-refractivity contribution < 1.29 is 14.7 Å². The molecule has 0 saturated heterocycles. The summed E-state index contributed by atoms with van der Waals surface area (Å²) in [5, 5.41) is 9.83. The smallest absolute Gasteiger partial charge is 0.336 e. The Hall–Kier alpha value is -2.66. The third-order valence-electron chi connectivity index (χ3n) is 3.42. The number of carbonyl (C=O) groups excluding carboxylic acids is 1. The highest BCUT2D eigenvalue weighted by molar-refractivity contribution is 8.00. The molecular weight excluding hydrogens is 310 g/mol. The third kappa shape index (κ3) is 3.24. The lowest BCUT2D eigenvalue weighted by atomic mass is 10.1. The van der Waals surface area contributed by atoms with E-state index < -0.39 is 5.97 Å². The summed E-state index contributed by atoms with van der Waals surface area (Å²) in [5.41, 5.74) is 1.49. The van der Waals surface area contributed by atoms with Gasteiger partial charge in [-0.3, -0.25) is 9.78 Å². The molecule has 0 radical (unpaired) electrons. The Morgan fingerprint density at radius 1 is 1.00 bits per heavy atom. The van der Waals surface area contributed by atoms with Crippen LogP contribution >= 0.6 is 11.8 Å². The summed E-state index contributed by atoms with van der Waals surface area (Å²) in [7, 11) is 0. The zero-order valence-corrected chi connectivity index (χ0v) is 12.9. The molecule has 0 fully saturated rings. The molecule has 0 unspecified atom stereocenters. The Morgan fingerprint density at radius 2 is 1.78 bits per heavy atom. The van der Waals surface area contributed by atoms with Gasteiger partial charge in [0.1, 0.15) is 0 Å². The zero-order chi connectivity index (χ0) is 16.2. The normalized spacial score (nSPS) is 10.6. The number of aromatic carboxylic acids is 1. The van der Waals surface area contributed by atoms with Gasteiger partial charge >= 0.3 is 5.97 Å². The summed E-state index contributed by atoms with van der Waals surface area (Å²) in [5.74, 6) is -0.677. The summed E-state index contributed by atoms with van der Waals surface area (Å²) in [4.78, 5) is 28.6. The molecule has 114 valence electrons. The fourth-order valence-electron chi connectivity index (χ4n) is 2.30. The number of rotatable bonds is 5. The Morgan fingerprint density at radius 3 is 2.52 bits per heavy atom. The van der Waals surface area contributed by atoms with Crippen molar-refractivity contribution in [2.24, 2.45) is 0 Å². The van der Waals surface area contributed by atoms with Crippen LogP contribution in [-0.2, 0) is 0 Å². The van der Waals surface area contributed by atoms with Crippen LogP contribution < -0.4 is 0 Å². The lowest BCUT2D eigenvalue weighted by Crippen LogP contribution is -2.03. The van der Waals surface area contributed by atoms with E-state index in [-0.39, 0.29) is 17.1 Å². The molecule has 5 heteroatoms. The molecule has 4 nitrogen and oxygen atoms in total. The number of hydrogen-bond acceptors (Lipinski definition) is 4. The Bertz CT molecular complexity index is 878. The van der Waals surface area contributed by atoms with Gasteiger partial charge in [-0.05, 0) is 18.2 Å². The topological polar surface area (TPSA) is 67.3 Å². The molecule has 23 heavy (non-hydrogen) atoms. The Balaban J connectivity index is 1.88. The molecule has 1 heterocycles. The number of thioether (sulfide) groups is 1. The SMILES string of the molecule is O=C(CSc1ccc(C(=O)O)c2cccnc12)c1ccccc1. The number of carboxylic acid groups (broad SMARTS) is 1. The van der Waals surface area contributed by atoms with Crippen LogP contribution in [0.15, 0.2) is 65.7 Å². The molecule has 1 N–H and O–H groups in total. The molecule has 3 aromatic rings. The highest BCUT2D eigenvalue weighted by atomic mass is 32.2. The second-order valence-electron chi connectivity index (χ2n) is 4.89. The summed E-state index contributed by atoms with van der Waals surface area (Å²) in [6.07, 6.45) is 1.62. The highest BCUT2D eigenvalue weighted by Crippen LogP contribution is 2.29. The van der Waals surface area contributed by atoms with Gasteiger partial charge in [-0.25, -0.2) is 4.79 Å². The van der Waals surface area contributed by atoms with Crippen LogP contribution in [0.3, 0.4) is 0 Å². The van der Waals surface area contributed by atoms with Crippen molar-refractivity contribution in [3.63, 3.8) is 0 Å². The van der Waals surface area contributed by atoms with Crippen LogP contribution in [0.1, 0.15) is 20.7 Å². The third-order valence-corrected chi connectivity index (χ3v) is 4.46. The highest BCUT2D eigenvalue weighted by Gasteiger charge is 2.13. The Labute approximate surface area is 137 Å². The molecule has 0 aliphatic carbocycles. The predicted octanol–water partition coefficient (Wildman–Crippen LogP) is 3.91. The molecule has 1 aromatic heterocycles.